The van der Waals surface area contributed by atoms with Crippen molar-refractivity contribution < 1.29 is 14.7 Å². The number of carbonyl (C=O) groups excluding carboxylic acids is 2. The van der Waals surface area contributed by atoms with Crippen molar-refractivity contribution in [3.05, 3.63) is 48.9 Å². The number of nitrogen functional groups attached to an aromatic ring is 1. The minimum Gasteiger partial charge on any atom is -0.508 e. The van der Waals surface area contributed by atoms with Crippen LogP contribution in [-0.2, 0) is 4.79 Å². The number of hydrogen-bond acceptors (Lipinski definition) is 7. The van der Waals surface area contributed by atoms with Gasteiger partial charge in [0.1, 0.15) is 17.9 Å². The number of anilines is 2. The summed E-state index contributed by atoms with van der Waals surface area (Å²) >= 11 is 0. The molecule has 3 aromatic rings. The number of rotatable bonds is 4. The van der Waals surface area contributed by atoms with E-state index >= 15 is 0 Å². The van der Waals surface area contributed by atoms with Crippen molar-refractivity contribution in [1.82, 2.24) is 24.6 Å². The molecule has 4 rings (SSSR count). The second-order valence-corrected chi connectivity index (χ2v) is 7.04. The highest BCUT2D eigenvalue weighted by Gasteiger charge is 2.29. The number of phenolic OH excluding ortho intramolecular Hbond substituents is 1. The van der Waals surface area contributed by atoms with Gasteiger partial charge in [-0.05, 0) is 43.2 Å². The number of likely N-dealkylation sites (tertiary alicyclic amines) is 1. The molecule has 3 heterocycles. The molecule has 1 aliphatic heterocycles. The van der Waals surface area contributed by atoms with E-state index in [2.05, 4.69) is 27.0 Å². The van der Waals surface area contributed by atoms with Crippen LogP contribution in [0.1, 0.15) is 29.4 Å². The second-order valence-electron chi connectivity index (χ2n) is 7.04. The first-order valence-electron chi connectivity index (χ1n) is 9.48. The van der Waals surface area contributed by atoms with Gasteiger partial charge in [-0.25, -0.2) is 14.6 Å². The van der Waals surface area contributed by atoms with Crippen LogP contribution < -0.4 is 11.1 Å². The van der Waals surface area contributed by atoms with Crippen molar-refractivity contribution in [2.45, 2.75) is 18.9 Å². The average molecular weight is 407 g/mol. The van der Waals surface area contributed by atoms with Crippen molar-refractivity contribution in [2.75, 3.05) is 24.1 Å². The van der Waals surface area contributed by atoms with Gasteiger partial charge in [0.2, 0.25) is 5.91 Å². The van der Waals surface area contributed by atoms with Crippen molar-refractivity contribution in [2.24, 2.45) is 0 Å². The molecular weight excluding hydrogens is 386 g/mol. The molecule has 2 amide bonds. The van der Waals surface area contributed by atoms with Crippen LogP contribution in [-0.4, -0.2) is 54.7 Å². The molecule has 0 radical (unpaired) electrons. The quantitative estimate of drug-likeness (QED) is 0.442. The normalized spacial score (nSPS) is 16.4. The maximum absolute atomic E-state index is 12.9. The fourth-order valence-electron chi connectivity index (χ4n) is 3.63. The molecule has 30 heavy (non-hydrogen) atoms. The van der Waals surface area contributed by atoms with Gasteiger partial charge in [-0.1, -0.05) is 6.58 Å². The van der Waals surface area contributed by atoms with E-state index in [0.29, 0.717) is 29.8 Å². The lowest BCUT2D eigenvalue weighted by molar-refractivity contribution is -0.127. The fourth-order valence-corrected chi connectivity index (χ4v) is 3.63. The zero-order valence-electron chi connectivity index (χ0n) is 16.2. The molecule has 154 valence electrons. The number of hydrogen-bond donors (Lipinski definition) is 3. The van der Waals surface area contributed by atoms with E-state index in [1.807, 2.05) is 0 Å². The first-order chi connectivity index (χ1) is 14.5. The number of fused-ring (bicyclic) bond motifs is 1. The van der Waals surface area contributed by atoms with E-state index in [9.17, 15) is 14.7 Å². The first kappa shape index (κ1) is 19.4. The molecule has 4 N–H and O–H groups in total. The number of aromatic hydroxyl groups is 1. The third kappa shape index (κ3) is 3.54. The number of amides is 2. The van der Waals surface area contributed by atoms with E-state index in [-0.39, 0.29) is 29.2 Å². The summed E-state index contributed by atoms with van der Waals surface area (Å²) in [6.45, 7) is 4.63. The first-order valence-corrected chi connectivity index (χ1v) is 9.48. The van der Waals surface area contributed by atoms with Crippen LogP contribution in [0.25, 0.3) is 11.0 Å². The topological polar surface area (TPSA) is 139 Å². The molecule has 10 nitrogen and oxygen atoms in total. The highest BCUT2D eigenvalue weighted by Crippen LogP contribution is 2.29. The van der Waals surface area contributed by atoms with Gasteiger partial charge >= 0.3 is 0 Å². The van der Waals surface area contributed by atoms with Gasteiger partial charge in [-0.3, -0.25) is 9.59 Å². The lowest BCUT2D eigenvalue weighted by atomic mass is 10.1. The second kappa shape index (κ2) is 7.82. The van der Waals surface area contributed by atoms with E-state index in [0.717, 1.165) is 12.8 Å². The molecule has 0 saturated carbocycles. The zero-order valence-corrected chi connectivity index (χ0v) is 16.2. The van der Waals surface area contributed by atoms with Crippen molar-refractivity contribution in [3.63, 3.8) is 0 Å². The van der Waals surface area contributed by atoms with Gasteiger partial charge in [0, 0.05) is 18.8 Å². The zero-order chi connectivity index (χ0) is 21.3. The van der Waals surface area contributed by atoms with Gasteiger partial charge in [-0.2, -0.15) is 5.10 Å². The Morgan fingerprint density at radius 2 is 2.03 bits per heavy atom. The highest BCUT2D eigenvalue weighted by molar-refractivity contribution is 6.13. The number of phenols is 1. The third-order valence-corrected chi connectivity index (χ3v) is 5.09. The molecule has 1 fully saturated rings. The number of aromatic nitrogens is 4. The van der Waals surface area contributed by atoms with Crippen molar-refractivity contribution in [3.8, 4) is 5.75 Å². The molecular formula is C20H21N7O3. The molecule has 2 aromatic heterocycles. The van der Waals surface area contributed by atoms with Crippen molar-refractivity contribution >= 4 is 34.4 Å². The fraction of sp³-hybridized carbons (Fsp3) is 0.250. The van der Waals surface area contributed by atoms with Crippen LogP contribution in [0.5, 0.6) is 5.75 Å². The van der Waals surface area contributed by atoms with Crippen LogP contribution in [0.2, 0.25) is 0 Å². The SMILES string of the molecule is C=CC(=O)N1CCCC(n2nc(C(=O)Nc3ccc(O)cc3)c3c(N)ncnc32)C1. The summed E-state index contributed by atoms with van der Waals surface area (Å²) in [5.74, 6) is -0.371. The van der Waals surface area contributed by atoms with Crippen LogP contribution in [0.3, 0.4) is 0 Å². The smallest absolute Gasteiger partial charge is 0.277 e. The Morgan fingerprint density at radius 3 is 2.77 bits per heavy atom. The average Bonchev–Trinajstić information content (AvgIpc) is 3.16. The largest absolute Gasteiger partial charge is 0.508 e. The van der Waals surface area contributed by atoms with E-state index in [1.165, 1.54) is 24.5 Å². The highest BCUT2D eigenvalue weighted by atomic mass is 16.3. The number of piperidine rings is 1. The molecule has 10 heteroatoms. The maximum Gasteiger partial charge on any atom is 0.277 e. The van der Waals surface area contributed by atoms with Crippen molar-refractivity contribution in [1.29, 1.82) is 0 Å². The van der Waals surface area contributed by atoms with Crippen LogP contribution in [0, 0.1) is 0 Å². The van der Waals surface area contributed by atoms with Crippen LogP contribution in [0.4, 0.5) is 11.5 Å². The van der Waals surface area contributed by atoms with Crippen LogP contribution >= 0.6 is 0 Å². The van der Waals surface area contributed by atoms with Gasteiger partial charge in [0.25, 0.3) is 5.91 Å². The summed E-state index contributed by atoms with van der Waals surface area (Å²) < 4.78 is 1.65. The van der Waals surface area contributed by atoms with Gasteiger partial charge in [0.15, 0.2) is 11.3 Å². The monoisotopic (exact) mass is 407 g/mol. The van der Waals surface area contributed by atoms with Gasteiger partial charge in [0.05, 0.1) is 11.4 Å². The summed E-state index contributed by atoms with van der Waals surface area (Å²) in [7, 11) is 0. The molecule has 0 spiro atoms. The number of nitrogens with one attached hydrogen (secondary N) is 1. The van der Waals surface area contributed by atoms with Gasteiger partial charge in [-0.15, -0.1) is 0 Å². The summed E-state index contributed by atoms with van der Waals surface area (Å²) in [6.07, 6.45) is 4.19. The van der Waals surface area contributed by atoms with E-state index in [1.54, 1.807) is 21.7 Å². The minimum atomic E-state index is -0.472. The predicted octanol–water partition coefficient (Wildman–Crippen LogP) is 1.72. The van der Waals surface area contributed by atoms with Gasteiger partial charge < -0.3 is 21.1 Å². The molecule has 1 unspecified atom stereocenters. The lowest BCUT2D eigenvalue weighted by Gasteiger charge is -2.32. The number of nitrogens with two attached hydrogens (primary N) is 1. The maximum atomic E-state index is 12.9. The Bertz CT molecular complexity index is 1120. The molecule has 0 aliphatic carbocycles. The van der Waals surface area contributed by atoms with E-state index < -0.39 is 5.91 Å². The Morgan fingerprint density at radius 1 is 1.27 bits per heavy atom. The Labute approximate surface area is 172 Å². The predicted molar refractivity (Wildman–Crippen MR) is 111 cm³/mol. The standard InChI is InChI=1S/C20H21N7O3/c1-2-15(29)26-9-3-4-13(10-26)27-19-16(18(21)22-11-23-19)17(25-27)20(30)24-12-5-7-14(28)8-6-12/h2,5-8,11,13,28H,1,3-4,9-10H2,(H,24,30)(H2,21,22,23). The number of benzene rings is 1. The molecule has 1 aromatic carbocycles. The van der Waals surface area contributed by atoms with E-state index in [4.69, 9.17) is 5.73 Å². The lowest BCUT2D eigenvalue weighted by Crippen LogP contribution is -2.40. The summed E-state index contributed by atoms with van der Waals surface area (Å²) in [5, 5.41) is 17.0. The third-order valence-electron chi connectivity index (χ3n) is 5.09. The molecule has 1 atom stereocenters. The molecule has 1 saturated heterocycles. The Kier molecular flexibility index (Phi) is 5.05. The summed E-state index contributed by atoms with van der Waals surface area (Å²) in [4.78, 5) is 35.0. The minimum absolute atomic E-state index is 0.0938. The van der Waals surface area contributed by atoms with Crippen LogP contribution in [0.15, 0.2) is 43.2 Å². The number of nitrogens with zero attached hydrogens (tertiary/aromatic N) is 5. The Balaban J connectivity index is 1.71. The Hall–Kier alpha value is -3.95. The molecule has 1 aliphatic rings. The summed E-state index contributed by atoms with van der Waals surface area (Å²) in [6, 6.07) is 5.93. The molecule has 0 bridgehead atoms. The number of carbonyl (C=O) groups is 2. The summed E-state index contributed by atoms with van der Waals surface area (Å²) in [5.41, 5.74) is 7.09.